The van der Waals surface area contributed by atoms with Gasteiger partial charge >= 0.3 is 0 Å². The fraction of sp³-hybridized carbons (Fsp3) is 0.643. The average molecular weight is 395 g/mol. The van der Waals surface area contributed by atoms with Gasteiger partial charge in [-0.3, -0.25) is 0 Å². The Kier molecular flexibility index (Phi) is 9.54. The molecule has 160 valence electrons. The maximum Gasteiger partial charge on any atom is 0.0716 e. The summed E-state index contributed by atoms with van der Waals surface area (Å²) in [6.07, 6.45) is 21.6. The Balaban J connectivity index is 1.38. The first-order valence-corrected chi connectivity index (χ1v) is 12.2. The zero-order chi connectivity index (χ0) is 20.3. The molecule has 1 nitrogen and oxygen atoms in total. The Morgan fingerprint density at radius 2 is 1.59 bits per heavy atom. The van der Waals surface area contributed by atoms with E-state index in [1.807, 2.05) is 6.08 Å². The van der Waals surface area contributed by atoms with Crippen LogP contribution in [-0.2, 0) is 11.3 Å². The molecule has 2 aliphatic rings. The molecule has 2 aliphatic carbocycles. The fourth-order valence-corrected chi connectivity index (χ4v) is 5.47. The lowest BCUT2D eigenvalue weighted by Crippen LogP contribution is -2.25. The van der Waals surface area contributed by atoms with Crippen LogP contribution in [0.3, 0.4) is 0 Å². The minimum atomic E-state index is 0.736. The minimum absolute atomic E-state index is 0.736. The molecule has 1 heteroatoms. The van der Waals surface area contributed by atoms with Crippen LogP contribution in [0, 0.1) is 17.8 Å². The van der Waals surface area contributed by atoms with Crippen LogP contribution in [0.1, 0.15) is 94.6 Å². The van der Waals surface area contributed by atoms with Crippen molar-refractivity contribution in [3.05, 3.63) is 60.2 Å². The second-order valence-corrected chi connectivity index (χ2v) is 9.35. The maximum atomic E-state index is 5.77. The smallest absolute Gasteiger partial charge is 0.0716 e. The van der Waals surface area contributed by atoms with E-state index in [4.69, 9.17) is 4.74 Å². The van der Waals surface area contributed by atoms with Crippen LogP contribution >= 0.6 is 0 Å². The largest absolute Gasteiger partial charge is 0.377 e. The molecule has 0 atom stereocenters. The fourth-order valence-electron chi connectivity index (χ4n) is 5.47. The molecule has 0 N–H and O–H groups in total. The third-order valence-electron chi connectivity index (χ3n) is 7.32. The molecule has 0 saturated heterocycles. The summed E-state index contributed by atoms with van der Waals surface area (Å²) in [6.45, 7) is 7.56. The summed E-state index contributed by atoms with van der Waals surface area (Å²) in [7, 11) is 0. The summed E-state index contributed by atoms with van der Waals surface area (Å²) in [5, 5.41) is 0. The van der Waals surface area contributed by atoms with Crippen molar-refractivity contribution in [2.45, 2.75) is 90.1 Å². The molecule has 0 aliphatic heterocycles. The molecule has 0 spiro atoms. The van der Waals surface area contributed by atoms with Gasteiger partial charge in [0.1, 0.15) is 0 Å². The molecule has 0 radical (unpaired) electrons. The van der Waals surface area contributed by atoms with Gasteiger partial charge in [-0.2, -0.15) is 0 Å². The molecule has 0 heterocycles. The van der Waals surface area contributed by atoms with Gasteiger partial charge in [0.2, 0.25) is 0 Å². The number of benzene rings is 1. The lowest BCUT2D eigenvalue weighted by molar-refractivity contribution is 0.119. The summed E-state index contributed by atoms with van der Waals surface area (Å²) in [5.41, 5.74) is 2.85. The third kappa shape index (κ3) is 7.14. The number of hydrogen-bond acceptors (Lipinski definition) is 1. The lowest BCUT2D eigenvalue weighted by Gasteiger charge is -2.37. The predicted octanol–water partition coefficient (Wildman–Crippen LogP) is 8.22. The first kappa shape index (κ1) is 22.3. The predicted molar refractivity (Wildman–Crippen MR) is 125 cm³/mol. The average Bonchev–Trinajstić information content (AvgIpc) is 2.78. The van der Waals surface area contributed by atoms with Crippen molar-refractivity contribution in [3.8, 4) is 0 Å². The molecule has 0 aromatic heterocycles. The highest BCUT2D eigenvalue weighted by molar-refractivity contribution is 5.25. The number of ether oxygens (including phenoxy) is 1. The number of rotatable bonds is 10. The first-order chi connectivity index (χ1) is 14.3. The minimum Gasteiger partial charge on any atom is -0.377 e. The SMILES string of the molecule is C=CCCCOCc1ccc([C@H]2CC[C@H]([C@H]3CC[C@H](C=CCC)CC3)CC2)cc1. The second kappa shape index (κ2) is 12.4. The van der Waals surface area contributed by atoms with E-state index in [1.165, 1.54) is 63.4 Å². The van der Waals surface area contributed by atoms with E-state index in [2.05, 4.69) is 49.9 Å². The van der Waals surface area contributed by atoms with Crippen molar-refractivity contribution >= 4 is 0 Å². The molecule has 0 unspecified atom stereocenters. The molecule has 1 aromatic rings. The number of allylic oxidation sites excluding steroid dienone is 3. The molecule has 2 fully saturated rings. The summed E-state index contributed by atoms with van der Waals surface area (Å²) in [6, 6.07) is 9.28. The summed E-state index contributed by atoms with van der Waals surface area (Å²) in [4.78, 5) is 0. The van der Waals surface area contributed by atoms with Crippen LogP contribution < -0.4 is 0 Å². The van der Waals surface area contributed by atoms with Crippen LogP contribution in [0.4, 0.5) is 0 Å². The van der Waals surface area contributed by atoms with E-state index >= 15 is 0 Å². The Morgan fingerprint density at radius 1 is 0.931 bits per heavy atom. The number of unbranched alkanes of at least 4 members (excludes halogenated alkanes) is 1. The molecule has 29 heavy (non-hydrogen) atoms. The van der Waals surface area contributed by atoms with Gasteiger partial charge in [-0.25, -0.2) is 0 Å². The van der Waals surface area contributed by atoms with E-state index in [0.29, 0.717) is 0 Å². The summed E-state index contributed by atoms with van der Waals surface area (Å²) in [5.74, 6) is 3.64. The van der Waals surface area contributed by atoms with Crippen molar-refractivity contribution < 1.29 is 4.74 Å². The molecule has 1 aromatic carbocycles. The summed E-state index contributed by atoms with van der Waals surface area (Å²) >= 11 is 0. The Labute approximate surface area is 179 Å². The first-order valence-electron chi connectivity index (χ1n) is 12.2. The van der Waals surface area contributed by atoms with Gasteiger partial charge in [-0.05, 0) is 105 Å². The Bertz CT molecular complexity index is 598. The quantitative estimate of drug-likeness (QED) is 0.287. The normalized spacial score (nSPS) is 27.9. The van der Waals surface area contributed by atoms with Crippen LogP contribution in [0.2, 0.25) is 0 Å². The lowest BCUT2D eigenvalue weighted by atomic mass is 9.68. The van der Waals surface area contributed by atoms with Crippen molar-refractivity contribution in [1.29, 1.82) is 0 Å². The van der Waals surface area contributed by atoms with Gasteiger partial charge < -0.3 is 4.74 Å². The van der Waals surface area contributed by atoms with Gasteiger partial charge in [0, 0.05) is 6.61 Å². The van der Waals surface area contributed by atoms with Gasteiger partial charge in [-0.1, -0.05) is 49.4 Å². The van der Waals surface area contributed by atoms with Gasteiger partial charge in [0.05, 0.1) is 6.61 Å². The van der Waals surface area contributed by atoms with Crippen molar-refractivity contribution in [2.24, 2.45) is 17.8 Å². The Morgan fingerprint density at radius 3 is 2.21 bits per heavy atom. The van der Waals surface area contributed by atoms with Crippen LogP contribution in [0.5, 0.6) is 0 Å². The molecular formula is C28H42O. The summed E-state index contributed by atoms with van der Waals surface area (Å²) < 4.78 is 5.77. The van der Waals surface area contributed by atoms with Crippen molar-refractivity contribution in [1.82, 2.24) is 0 Å². The maximum absolute atomic E-state index is 5.77. The van der Waals surface area contributed by atoms with E-state index in [9.17, 15) is 0 Å². The van der Waals surface area contributed by atoms with Crippen LogP contribution in [0.25, 0.3) is 0 Å². The third-order valence-corrected chi connectivity index (χ3v) is 7.32. The highest BCUT2D eigenvalue weighted by Gasteiger charge is 2.30. The topological polar surface area (TPSA) is 9.23 Å². The van der Waals surface area contributed by atoms with E-state index in [-0.39, 0.29) is 0 Å². The molecule has 2 saturated carbocycles. The molecular weight excluding hydrogens is 352 g/mol. The van der Waals surface area contributed by atoms with E-state index in [1.54, 1.807) is 5.56 Å². The standard InChI is InChI=1S/C28H42O/c1-3-5-7-21-29-22-24-11-15-26(16-12-24)28-19-17-27(18-20-28)25-13-9-23(10-14-25)8-6-4-2/h3,6,8,11-12,15-16,23,25,27-28H,1,4-5,7,9-10,13-14,17-22H2,2H3/t23-,25-,27-,28-. The van der Waals surface area contributed by atoms with E-state index < -0.39 is 0 Å². The van der Waals surface area contributed by atoms with Crippen molar-refractivity contribution in [3.63, 3.8) is 0 Å². The Hall–Kier alpha value is -1.34. The molecule has 3 rings (SSSR count). The zero-order valence-electron chi connectivity index (χ0n) is 18.7. The second-order valence-electron chi connectivity index (χ2n) is 9.35. The highest BCUT2D eigenvalue weighted by atomic mass is 16.5. The number of hydrogen-bond donors (Lipinski definition) is 0. The van der Waals surface area contributed by atoms with Crippen LogP contribution in [-0.4, -0.2) is 6.61 Å². The van der Waals surface area contributed by atoms with Gasteiger partial charge in [-0.15, -0.1) is 6.58 Å². The van der Waals surface area contributed by atoms with Crippen molar-refractivity contribution in [2.75, 3.05) is 6.61 Å². The van der Waals surface area contributed by atoms with Gasteiger partial charge in [0.15, 0.2) is 0 Å². The van der Waals surface area contributed by atoms with Crippen LogP contribution in [0.15, 0.2) is 49.1 Å². The monoisotopic (exact) mass is 394 g/mol. The molecule has 0 bridgehead atoms. The van der Waals surface area contributed by atoms with Gasteiger partial charge in [0.25, 0.3) is 0 Å². The molecule has 0 amide bonds. The highest BCUT2D eigenvalue weighted by Crippen LogP contribution is 2.44. The van der Waals surface area contributed by atoms with E-state index in [0.717, 1.165) is 49.7 Å². The zero-order valence-corrected chi connectivity index (χ0v) is 18.7.